The summed E-state index contributed by atoms with van der Waals surface area (Å²) in [5.41, 5.74) is 0.479. The molecular weight excluding hydrogens is 246 g/mol. The lowest BCUT2D eigenvalue weighted by Gasteiger charge is -2.22. The molecule has 0 fully saturated rings. The first-order valence-electron chi connectivity index (χ1n) is 6.17. The van der Waals surface area contributed by atoms with E-state index < -0.39 is 0 Å². The van der Waals surface area contributed by atoms with Crippen molar-refractivity contribution in [3.63, 3.8) is 0 Å². The van der Waals surface area contributed by atoms with Crippen molar-refractivity contribution in [1.29, 1.82) is 0 Å². The quantitative estimate of drug-likeness (QED) is 0.873. The first kappa shape index (κ1) is 15.0. The number of nitrogens with zero attached hydrogens (tertiary/aromatic N) is 4. The van der Waals surface area contributed by atoms with E-state index in [4.69, 9.17) is 4.74 Å². The molecule has 7 nitrogen and oxygen atoms in total. The number of anilines is 2. The van der Waals surface area contributed by atoms with Crippen molar-refractivity contribution in [2.75, 3.05) is 44.5 Å². The second-order valence-electron chi connectivity index (χ2n) is 4.08. The van der Waals surface area contributed by atoms with Crippen LogP contribution < -0.4 is 15.0 Å². The summed E-state index contributed by atoms with van der Waals surface area (Å²) < 4.78 is 5.17. The zero-order valence-corrected chi connectivity index (χ0v) is 12.1. The van der Waals surface area contributed by atoms with Gasteiger partial charge in [0.05, 0.1) is 7.11 Å². The van der Waals surface area contributed by atoms with E-state index in [0.29, 0.717) is 30.5 Å². The third-order valence-electron chi connectivity index (χ3n) is 2.69. The highest BCUT2D eigenvalue weighted by Gasteiger charge is 2.18. The molecule has 7 heteroatoms. The van der Waals surface area contributed by atoms with Crippen LogP contribution in [0.3, 0.4) is 0 Å². The summed E-state index contributed by atoms with van der Waals surface area (Å²) in [6, 6.07) is -0.193. The van der Waals surface area contributed by atoms with Crippen LogP contribution in [0.5, 0.6) is 5.88 Å². The highest BCUT2D eigenvalue weighted by Crippen LogP contribution is 2.29. The number of hydrogen-bond donors (Lipinski definition) is 1. The Morgan fingerprint density at radius 3 is 2.42 bits per heavy atom. The summed E-state index contributed by atoms with van der Waals surface area (Å²) in [5.74, 6) is 0.951. The largest absolute Gasteiger partial charge is 0.479 e. The molecule has 2 amide bonds. The first-order chi connectivity index (χ1) is 9.04. The van der Waals surface area contributed by atoms with Crippen molar-refractivity contribution >= 4 is 17.5 Å². The van der Waals surface area contributed by atoms with Crippen LogP contribution in [0.4, 0.5) is 16.3 Å². The van der Waals surface area contributed by atoms with Crippen molar-refractivity contribution in [3.05, 3.63) is 6.33 Å². The molecule has 1 aromatic rings. The van der Waals surface area contributed by atoms with E-state index in [1.807, 2.05) is 27.9 Å². The molecule has 0 saturated carbocycles. The number of methoxy groups -OCH3 is 1. The van der Waals surface area contributed by atoms with E-state index in [1.165, 1.54) is 13.4 Å². The fourth-order valence-electron chi connectivity index (χ4n) is 1.66. The van der Waals surface area contributed by atoms with Gasteiger partial charge in [0.25, 0.3) is 0 Å². The van der Waals surface area contributed by atoms with Gasteiger partial charge in [-0.1, -0.05) is 0 Å². The van der Waals surface area contributed by atoms with Gasteiger partial charge in [-0.05, 0) is 13.8 Å². The smallest absolute Gasteiger partial charge is 0.322 e. The Balaban J connectivity index is 3.07. The van der Waals surface area contributed by atoms with Gasteiger partial charge in [0.2, 0.25) is 5.88 Å². The summed E-state index contributed by atoms with van der Waals surface area (Å²) >= 11 is 0. The number of amides is 2. The molecule has 0 aliphatic carbocycles. The number of hydrogen-bond acceptors (Lipinski definition) is 5. The van der Waals surface area contributed by atoms with Gasteiger partial charge in [-0.3, -0.25) is 5.32 Å². The standard InChI is InChI=1S/C12H21N5O2/c1-6-17(7-2)12(18)15-9-10(16(3)4)13-8-14-11(9)19-5/h8H,6-7H2,1-5H3,(H,15,18). The van der Waals surface area contributed by atoms with Gasteiger partial charge in [-0.25, -0.2) is 9.78 Å². The molecule has 1 aromatic heterocycles. The van der Waals surface area contributed by atoms with Gasteiger partial charge >= 0.3 is 6.03 Å². The van der Waals surface area contributed by atoms with Crippen molar-refractivity contribution in [2.45, 2.75) is 13.8 Å². The van der Waals surface area contributed by atoms with Crippen LogP contribution in [0.15, 0.2) is 6.33 Å². The second-order valence-corrected chi connectivity index (χ2v) is 4.08. The molecule has 0 aliphatic rings. The molecule has 106 valence electrons. The Bertz CT molecular complexity index is 432. The van der Waals surface area contributed by atoms with E-state index in [9.17, 15) is 4.79 Å². The fourth-order valence-corrected chi connectivity index (χ4v) is 1.66. The Labute approximate surface area is 113 Å². The molecule has 1 N–H and O–H groups in total. The number of nitrogens with one attached hydrogen (secondary N) is 1. The van der Waals surface area contributed by atoms with Gasteiger partial charge in [-0.15, -0.1) is 0 Å². The first-order valence-corrected chi connectivity index (χ1v) is 6.17. The Morgan fingerprint density at radius 1 is 1.32 bits per heavy atom. The normalized spacial score (nSPS) is 9.95. The van der Waals surface area contributed by atoms with Crippen LogP contribution in [0.1, 0.15) is 13.8 Å². The lowest BCUT2D eigenvalue weighted by atomic mass is 10.4. The lowest BCUT2D eigenvalue weighted by Crippen LogP contribution is -2.35. The molecule has 1 heterocycles. The minimum absolute atomic E-state index is 0.193. The van der Waals surface area contributed by atoms with E-state index >= 15 is 0 Å². The number of ether oxygens (including phenoxy) is 1. The Morgan fingerprint density at radius 2 is 1.95 bits per heavy atom. The molecular formula is C12H21N5O2. The van der Waals surface area contributed by atoms with Gasteiger partial charge in [0.1, 0.15) is 12.0 Å². The zero-order valence-electron chi connectivity index (χ0n) is 12.1. The fraction of sp³-hybridized carbons (Fsp3) is 0.583. The number of aromatic nitrogens is 2. The topological polar surface area (TPSA) is 70.6 Å². The van der Waals surface area contributed by atoms with Gasteiger partial charge in [-0.2, -0.15) is 4.98 Å². The van der Waals surface area contributed by atoms with Crippen LogP contribution in [-0.2, 0) is 0 Å². The van der Waals surface area contributed by atoms with Crippen molar-refractivity contribution in [2.24, 2.45) is 0 Å². The summed E-state index contributed by atoms with van der Waals surface area (Å²) in [5, 5.41) is 2.81. The van der Waals surface area contributed by atoms with Gasteiger partial charge < -0.3 is 14.5 Å². The number of carbonyl (C=O) groups excluding carboxylic acids is 1. The van der Waals surface area contributed by atoms with E-state index in [2.05, 4.69) is 15.3 Å². The molecule has 0 unspecified atom stereocenters. The highest BCUT2D eigenvalue weighted by atomic mass is 16.5. The Kier molecular flexibility index (Phi) is 5.35. The third-order valence-corrected chi connectivity index (χ3v) is 2.69. The third kappa shape index (κ3) is 3.46. The number of urea groups is 1. The van der Waals surface area contributed by atoms with Crippen LogP contribution in [-0.4, -0.2) is 55.2 Å². The summed E-state index contributed by atoms with van der Waals surface area (Å²) in [7, 11) is 5.19. The monoisotopic (exact) mass is 267 g/mol. The maximum atomic E-state index is 12.1. The van der Waals surface area contributed by atoms with Crippen molar-refractivity contribution in [3.8, 4) is 5.88 Å². The molecule has 0 atom stereocenters. The average molecular weight is 267 g/mol. The van der Waals surface area contributed by atoms with E-state index in [0.717, 1.165) is 0 Å². The zero-order chi connectivity index (χ0) is 14.4. The SMILES string of the molecule is CCN(CC)C(=O)Nc1c(OC)ncnc1N(C)C. The van der Waals surface area contributed by atoms with Crippen molar-refractivity contribution in [1.82, 2.24) is 14.9 Å². The second kappa shape index (κ2) is 6.77. The summed E-state index contributed by atoms with van der Waals surface area (Å²) in [6.45, 7) is 5.12. The lowest BCUT2D eigenvalue weighted by molar-refractivity contribution is 0.217. The van der Waals surface area contributed by atoms with Crippen LogP contribution in [0.25, 0.3) is 0 Å². The van der Waals surface area contributed by atoms with Crippen LogP contribution in [0, 0.1) is 0 Å². The number of rotatable bonds is 5. The van der Waals surface area contributed by atoms with Gasteiger partial charge in [0.15, 0.2) is 5.82 Å². The molecule has 0 radical (unpaired) electrons. The summed E-state index contributed by atoms with van der Waals surface area (Å²) in [6.07, 6.45) is 1.40. The predicted octanol–water partition coefficient (Wildman–Crippen LogP) is 1.42. The maximum Gasteiger partial charge on any atom is 0.322 e. The van der Waals surface area contributed by atoms with E-state index in [-0.39, 0.29) is 6.03 Å². The van der Waals surface area contributed by atoms with Crippen LogP contribution in [0.2, 0.25) is 0 Å². The number of carbonyl (C=O) groups is 1. The molecule has 0 aliphatic heterocycles. The predicted molar refractivity (Wildman–Crippen MR) is 74.9 cm³/mol. The minimum atomic E-state index is -0.193. The van der Waals surface area contributed by atoms with Crippen LogP contribution >= 0.6 is 0 Å². The molecule has 0 spiro atoms. The summed E-state index contributed by atoms with van der Waals surface area (Å²) in [4.78, 5) is 23.7. The highest BCUT2D eigenvalue weighted by molar-refractivity contribution is 5.94. The molecule has 0 aromatic carbocycles. The molecule has 19 heavy (non-hydrogen) atoms. The maximum absolute atomic E-state index is 12.1. The molecule has 1 rings (SSSR count). The minimum Gasteiger partial charge on any atom is -0.479 e. The van der Waals surface area contributed by atoms with E-state index in [1.54, 1.807) is 9.80 Å². The average Bonchev–Trinajstić information content (AvgIpc) is 2.40. The molecule has 0 saturated heterocycles. The van der Waals surface area contributed by atoms with Gasteiger partial charge in [0, 0.05) is 27.2 Å². The van der Waals surface area contributed by atoms with Crippen molar-refractivity contribution < 1.29 is 9.53 Å². The Hall–Kier alpha value is -2.05. The molecule has 0 bridgehead atoms.